The van der Waals surface area contributed by atoms with E-state index in [9.17, 15) is 9.59 Å². The number of nitrogens with one attached hydrogen (secondary N) is 2. The molecule has 2 aliphatic rings. The Morgan fingerprint density at radius 1 is 1.03 bits per heavy atom. The number of H-pyrrole nitrogens is 1. The molecule has 182 valence electrons. The molecule has 2 aliphatic heterocycles. The number of fused-ring (bicyclic) bond motifs is 7. The van der Waals surface area contributed by atoms with Gasteiger partial charge in [0.15, 0.2) is 11.5 Å². The highest BCUT2D eigenvalue weighted by Gasteiger charge is 2.48. The van der Waals surface area contributed by atoms with Gasteiger partial charge in [-0.25, -0.2) is 0 Å². The Labute approximate surface area is 209 Å². The number of rotatable bonds is 6. The van der Waals surface area contributed by atoms with Crippen LogP contribution >= 0.6 is 0 Å². The maximum absolute atomic E-state index is 13.6. The second-order valence-electron chi connectivity index (χ2n) is 9.22. The molecular formula is C29H27N3O4. The number of aromatic amines is 1. The number of para-hydroxylation sites is 1. The lowest BCUT2D eigenvalue weighted by Gasteiger charge is -2.37. The van der Waals surface area contributed by atoms with Crippen LogP contribution in [0.1, 0.15) is 38.8 Å². The summed E-state index contributed by atoms with van der Waals surface area (Å²) in [5, 5.41) is 4.19. The first-order valence-electron chi connectivity index (χ1n) is 12.1. The smallest absolute Gasteiger partial charge is 0.255 e. The van der Waals surface area contributed by atoms with Crippen molar-refractivity contribution < 1.29 is 19.1 Å². The van der Waals surface area contributed by atoms with Crippen molar-refractivity contribution in [1.82, 2.24) is 15.2 Å². The van der Waals surface area contributed by atoms with E-state index in [1.54, 1.807) is 19.1 Å². The first kappa shape index (κ1) is 22.2. The molecule has 0 spiro atoms. The summed E-state index contributed by atoms with van der Waals surface area (Å²) in [5.74, 6) is 1.08. The minimum Gasteiger partial charge on any atom is -0.493 e. The molecule has 4 aromatic rings. The number of carbonyl (C=O) groups is 2. The number of aromatic nitrogens is 1. The number of ether oxygens (including phenoxy) is 2. The first-order valence-corrected chi connectivity index (χ1v) is 12.1. The highest BCUT2D eigenvalue weighted by atomic mass is 16.5. The zero-order chi connectivity index (χ0) is 24.8. The predicted molar refractivity (Wildman–Crippen MR) is 137 cm³/mol. The van der Waals surface area contributed by atoms with Gasteiger partial charge in [0.2, 0.25) is 5.91 Å². The average Bonchev–Trinajstić information content (AvgIpc) is 3.43. The molecule has 0 unspecified atom stereocenters. The van der Waals surface area contributed by atoms with Crippen LogP contribution < -0.4 is 14.8 Å². The molecule has 6 rings (SSSR count). The van der Waals surface area contributed by atoms with E-state index in [4.69, 9.17) is 9.47 Å². The molecule has 0 saturated heterocycles. The number of carbonyl (C=O) groups excluding carboxylic acids is 2. The molecule has 2 amide bonds. The van der Waals surface area contributed by atoms with Crippen molar-refractivity contribution in [3.05, 3.63) is 94.7 Å². The molecular weight excluding hydrogens is 454 g/mol. The molecule has 0 bridgehead atoms. The van der Waals surface area contributed by atoms with Crippen molar-refractivity contribution in [1.29, 1.82) is 0 Å². The van der Waals surface area contributed by atoms with Gasteiger partial charge in [-0.3, -0.25) is 9.59 Å². The Morgan fingerprint density at radius 2 is 1.81 bits per heavy atom. The minimum atomic E-state index is -0.591. The Kier molecular flexibility index (Phi) is 5.40. The van der Waals surface area contributed by atoms with Gasteiger partial charge in [0.05, 0.1) is 20.3 Å². The first-order chi connectivity index (χ1) is 17.6. The number of hydrogen-bond acceptors (Lipinski definition) is 4. The van der Waals surface area contributed by atoms with E-state index in [0.29, 0.717) is 36.4 Å². The lowest BCUT2D eigenvalue weighted by atomic mass is 9.90. The molecule has 2 atom stereocenters. The largest absolute Gasteiger partial charge is 0.493 e. The zero-order valence-electron chi connectivity index (χ0n) is 20.2. The number of benzene rings is 3. The highest BCUT2D eigenvalue weighted by molar-refractivity contribution is 6.03. The summed E-state index contributed by atoms with van der Waals surface area (Å²) in [4.78, 5) is 32.4. The fourth-order valence-electron chi connectivity index (χ4n) is 5.62. The summed E-state index contributed by atoms with van der Waals surface area (Å²) in [6.45, 7) is 0.450. The van der Waals surface area contributed by atoms with Gasteiger partial charge in [-0.15, -0.1) is 0 Å². The minimum absolute atomic E-state index is 0.0973. The molecule has 0 radical (unpaired) electrons. The van der Waals surface area contributed by atoms with Gasteiger partial charge in [-0.2, -0.15) is 0 Å². The van der Waals surface area contributed by atoms with E-state index >= 15 is 0 Å². The molecule has 36 heavy (non-hydrogen) atoms. The third kappa shape index (κ3) is 3.42. The van der Waals surface area contributed by atoms with Crippen LogP contribution in [0.4, 0.5) is 0 Å². The summed E-state index contributed by atoms with van der Waals surface area (Å²) >= 11 is 0. The van der Waals surface area contributed by atoms with Gasteiger partial charge in [0.1, 0.15) is 6.04 Å². The Hall–Kier alpha value is -4.26. The van der Waals surface area contributed by atoms with E-state index in [1.165, 1.54) is 0 Å². The monoisotopic (exact) mass is 481 g/mol. The summed E-state index contributed by atoms with van der Waals surface area (Å²) in [6.07, 6.45) is 1.10. The number of methoxy groups -OCH3 is 2. The van der Waals surface area contributed by atoms with Crippen LogP contribution in [-0.2, 0) is 17.6 Å². The molecule has 7 nitrogen and oxygen atoms in total. The van der Waals surface area contributed by atoms with Crippen molar-refractivity contribution in [2.24, 2.45) is 0 Å². The van der Waals surface area contributed by atoms with Gasteiger partial charge in [-0.05, 0) is 47.4 Å². The third-order valence-corrected chi connectivity index (χ3v) is 7.32. The van der Waals surface area contributed by atoms with Crippen molar-refractivity contribution in [2.45, 2.75) is 24.9 Å². The molecule has 2 N–H and O–H groups in total. The molecule has 0 fully saturated rings. The van der Waals surface area contributed by atoms with Crippen molar-refractivity contribution in [3.63, 3.8) is 0 Å². The lowest BCUT2D eigenvalue weighted by Crippen LogP contribution is -2.52. The Balaban J connectivity index is 1.29. The fraction of sp³-hybridized carbons (Fsp3) is 0.241. The lowest BCUT2D eigenvalue weighted by molar-refractivity contribution is -0.126. The summed E-state index contributed by atoms with van der Waals surface area (Å²) in [5.41, 5.74) is 5.77. The normalized spacial score (nSPS) is 17.9. The molecule has 3 aromatic carbocycles. The van der Waals surface area contributed by atoms with Crippen LogP contribution in [0, 0.1) is 0 Å². The van der Waals surface area contributed by atoms with E-state index in [0.717, 1.165) is 33.3 Å². The highest BCUT2D eigenvalue weighted by Crippen LogP contribution is 2.46. The van der Waals surface area contributed by atoms with Gasteiger partial charge in [0.25, 0.3) is 5.91 Å². The van der Waals surface area contributed by atoms with Crippen molar-refractivity contribution >= 4 is 22.7 Å². The van der Waals surface area contributed by atoms with Crippen LogP contribution in [0.15, 0.2) is 66.7 Å². The number of nitrogens with zero attached hydrogens (tertiary/aromatic N) is 1. The number of hydrogen-bond donors (Lipinski definition) is 2. The van der Waals surface area contributed by atoms with E-state index in [2.05, 4.69) is 16.4 Å². The van der Waals surface area contributed by atoms with Crippen molar-refractivity contribution in [3.8, 4) is 11.5 Å². The second-order valence-corrected chi connectivity index (χ2v) is 9.22. The predicted octanol–water partition coefficient (Wildman–Crippen LogP) is 4.01. The summed E-state index contributed by atoms with van der Waals surface area (Å²) in [6, 6.07) is 20.6. The Morgan fingerprint density at radius 3 is 2.64 bits per heavy atom. The Bertz CT molecular complexity index is 1490. The number of amides is 2. The molecule has 3 heterocycles. The molecule has 0 aliphatic carbocycles. The third-order valence-electron chi connectivity index (χ3n) is 7.32. The molecule has 0 saturated carbocycles. The quantitative estimate of drug-likeness (QED) is 0.436. The van der Waals surface area contributed by atoms with E-state index in [1.807, 2.05) is 60.7 Å². The molecule has 7 heteroatoms. The van der Waals surface area contributed by atoms with Crippen molar-refractivity contribution in [2.75, 3.05) is 20.8 Å². The van der Waals surface area contributed by atoms with E-state index < -0.39 is 6.04 Å². The van der Waals surface area contributed by atoms with E-state index in [-0.39, 0.29) is 17.9 Å². The maximum Gasteiger partial charge on any atom is 0.255 e. The van der Waals surface area contributed by atoms with Crippen LogP contribution in [0.2, 0.25) is 0 Å². The van der Waals surface area contributed by atoms with Crippen LogP contribution in [0.25, 0.3) is 10.9 Å². The van der Waals surface area contributed by atoms with Crippen LogP contribution in [-0.4, -0.2) is 48.5 Å². The van der Waals surface area contributed by atoms with Crippen LogP contribution in [0.5, 0.6) is 11.5 Å². The van der Waals surface area contributed by atoms with Gasteiger partial charge in [-0.1, -0.05) is 42.5 Å². The molecule has 1 aromatic heterocycles. The standard InChI is InChI=1S/C29H27N3O4/c1-35-24-12-11-17(15-25(24)36-2)13-14-30-28(33)23-16-21-18-7-5-6-10-22(18)31-26(21)27-19-8-3-4-9-20(19)29(34)32(23)27/h3-12,15,23,27,31H,13-14,16H2,1-2H3,(H,30,33)/t23-,27-/m0/s1. The van der Waals surface area contributed by atoms with Gasteiger partial charge < -0.3 is 24.7 Å². The fourth-order valence-corrected chi connectivity index (χ4v) is 5.62. The second kappa shape index (κ2) is 8.75. The zero-order valence-corrected chi connectivity index (χ0v) is 20.2. The van der Waals surface area contributed by atoms with Gasteiger partial charge in [0, 0.05) is 35.1 Å². The SMILES string of the molecule is COc1ccc(CCNC(=O)[C@@H]2Cc3c([nH]c4ccccc34)[C@@H]3c4ccccc4C(=O)N32)cc1OC. The van der Waals surface area contributed by atoms with Crippen LogP contribution in [0.3, 0.4) is 0 Å². The maximum atomic E-state index is 13.6. The van der Waals surface area contributed by atoms with Gasteiger partial charge >= 0.3 is 0 Å². The summed E-state index contributed by atoms with van der Waals surface area (Å²) < 4.78 is 10.7. The summed E-state index contributed by atoms with van der Waals surface area (Å²) in [7, 11) is 3.21. The topological polar surface area (TPSA) is 83.7 Å². The average molecular weight is 482 g/mol.